The molecule has 0 aliphatic rings. The van der Waals surface area contributed by atoms with E-state index in [9.17, 15) is 18.7 Å². The third-order valence-electron chi connectivity index (χ3n) is 3.53. The average Bonchev–Trinajstić information content (AvgIpc) is 2.62. The van der Waals surface area contributed by atoms with Gasteiger partial charge < -0.3 is 15.2 Å². The number of phenols is 1. The molecule has 0 spiro atoms. The lowest BCUT2D eigenvalue weighted by atomic mass is 10.1. The number of benzene rings is 2. The molecule has 1 unspecified atom stereocenters. The van der Waals surface area contributed by atoms with E-state index in [1.54, 1.807) is 31.2 Å². The predicted molar refractivity (Wildman–Crippen MR) is 89.9 cm³/mol. The zero-order valence-electron chi connectivity index (χ0n) is 13.6. The van der Waals surface area contributed by atoms with Crippen molar-refractivity contribution in [2.75, 3.05) is 6.61 Å². The molecule has 7 heteroatoms. The number of amides is 1. The molecule has 0 heterocycles. The number of halogens is 2. The summed E-state index contributed by atoms with van der Waals surface area (Å²) in [6.07, 6.45) is -1.51. The first-order valence-electron chi connectivity index (χ1n) is 7.59. The second kappa shape index (κ2) is 8.34. The molecular weight excluding hydrogens is 330 g/mol. The number of aliphatic imine (C=N–C) groups is 1. The van der Waals surface area contributed by atoms with Crippen LogP contribution in [-0.2, 0) is 16.1 Å². The molecule has 0 aliphatic carbocycles. The maximum Gasteiger partial charge on any atom is 0.254 e. The highest BCUT2D eigenvalue weighted by atomic mass is 19.1. The first-order chi connectivity index (χ1) is 12.0. The van der Waals surface area contributed by atoms with Gasteiger partial charge in [0.15, 0.2) is 17.7 Å². The lowest BCUT2D eigenvalue weighted by Crippen LogP contribution is -2.31. The van der Waals surface area contributed by atoms with E-state index in [0.717, 1.165) is 17.7 Å². The second-order valence-electron chi connectivity index (χ2n) is 5.17. The van der Waals surface area contributed by atoms with E-state index >= 15 is 0 Å². The molecule has 2 aromatic carbocycles. The number of aromatic hydroxyl groups is 1. The van der Waals surface area contributed by atoms with Crippen molar-refractivity contribution in [1.82, 2.24) is 5.32 Å². The van der Waals surface area contributed by atoms with Gasteiger partial charge in [-0.05, 0) is 43.5 Å². The monoisotopic (exact) mass is 348 g/mol. The van der Waals surface area contributed by atoms with Crippen molar-refractivity contribution >= 4 is 18.3 Å². The second-order valence-corrected chi connectivity index (χ2v) is 5.17. The first kappa shape index (κ1) is 18.5. The molecule has 2 rings (SSSR count). The fourth-order valence-electron chi connectivity index (χ4n) is 2.26. The van der Waals surface area contributed by atoms with Crippen LogP contribution < -0.4 is 5.32 Å². The molecule has 0 saturated heterocycles. The summed E-state index contributed by atoms with van der Waals surface area (Å²) in [4.78, 5) is 16.1. The first-order valence-corrected chi connectivity index (χ1v) is 7.59. The minimum absolute atomic E-state index is 0.0618. The molecule has 132 valence electrons. The minimum atomic E-state index is -1.51. The summed E-state index contributed by atoms with van der Waals surface area (Å²) >= 11 is 0. The Labute approximate surface area is 144 Å². The molecule has 0 fully saturated rings. The van der Waals surface area contributed by atoms with Gasteiger partial charge in [0.05, 0.1) is 11.3 Å². The number of carbonyl (C=O) groups is 1. The van der Waals surface area contributed by atoms with Crippen molar-refractivity contribution in [3.05, 3.63) is 59.2 Å². The Morgan fingerprint density at radius 1 is 1.28 bits per heavy atom. The number of ether oxygens (including phenoxy) is 1. The van der Waals surface area contributed by atoms with E-state index in [-0.39, 0.29) is 13.2 Å². The van der Waals surface area contributed by atoms with Crippen LogP contribution in [0.2, 0.25) is 0 Å². The predicted octanol–water partition coefficient (Wildman–Crippen LogP) is 3.40. The van der Waals surface area contributed by atoms with E-state index in [1.165, 1.54) is 0 Å². The number of nitrogens with zero attached hydrogens (tertiary/aromatic N) is 1. The van der Waals surface area contributed by atoms with E-state index in [4.69, 9.17) is 4.74 Å². The molecule has 1 atom stereocenters. The summed E-state index contributed by atoms with van der Waals surface area (Å²) in [7, 11) is 0. The zero-order valence-corrected chi connectivity index (χ0v) is 13.6. The molecule has 0 radical (unpaired) electrons. The van der Waals surface area contributed by atoms with Crippen LogP contribution in [0.4, 0.5) is 14.5 Å². The van der Waals surface area contributed by atoms with Gasteiger partial charge in [0.2, 0.25) is 0 Å². The van der Waals surface area contributed by atoms with Crippen LogP contribution in [0.15, 0.2) is 41.4 Å². The van der Waals surface area contributed by atoms with Gasteiger partial charge in [0, 0.05) is 13.2 Å². The number of hydrogen-bond donors (Lipinski definition) is 2. The van der Waals surface area contributed by atoms with Crippen LogP contribution >= 0.6 is 0 Å². The van der Waals surface area contributed by atoms with Gasteiger partial charge in [0.25, 0.3) is 5.91 Å². The van der Waals surface area contributed by atoms with Crippen LogP contribution in [0.1, 0.15) is 24.2 Å². The van der Waals surface area contributed by atoms with E-state index < -0.39 is 35.0 Å². The Bertz CT molecular complexity index is 764. The highest BCUT2D eigenvalue weighted by Crippen LogP contribution is 2.29. The highest BCUT2D eigenvalue weighted by Gasteiger charge is 2.29. The Morgan fingerprint density at radius 2 is 1.96 bits per heavy atom. The Hall–Kier alpha value is -2.80. The fourth-order valence-corrected chi connectivity index (χ4v) is 2.26. The number of phenolic OH excluding ortho intramolecular Hbond substituents is 1. The maximum atomic E-state index is 14.1. The summed E-state index contributed by atoms with van der Waals surface area (Å²) in [6, 6.07) is 8.70. The largest absolute Gasteiger partial charge is 0.505 e. The van der Waals surface area contributed by atoms with Gasteiger partial charge in [-0.2, -0.15) is 0 Å². The lowest BCUT2D eigenvalue weighted by Gasteiger charge is -2.19. The van der Waals surface area contributed by atoms with Crippen LogP contribution in [-0.4, -0.2) is 24.3 Å². The standard InChI is InChI=1S/C18H18F2N2O3/c1-3-25-17(15-13(19)8-9-14(23)16(15)20)18(24)22-10-11-4-6-12(21-2)7-5-11/h4-9,17,23H,2-3,10H2,1H3,(H,22,24). The third-order valence-corrected chi connectivity index (χ3v) is 3.53. The number of rotatable bonds is 7. The van der Waals surface area contributed by atoms with Gasteiger partial charge >= 0.3 is 0 Å². The maximum absolute atomic E-state index is 14.1. The molecule has 2 aromatic rings. The lowest BCUT2D eigenvalue weighted by molar-refractivity contribution is -0.133. The smallest absolute Gasteiger partial charge is 0.254 e. The van der Waals surface area contributed by atoms with Crippen molar-refractivity contribution in [3.63, 3.8) is 0 Å². The van der Waals surface area contributed by atoms with Gasteiger partial charge in [-0.1, -0.05) is 12.1 Å². The quantitative estimate of drug-likeness (QED) is 0.754. The summed E-state index contributed by atoms with van der Waals surface area (Å²) < 4.78 is 33.3. The number of nitrogens with one attached hydrogen (secondary N) is 1. The zero-order chi connectivity index (χ0) is 18.4. The number of carbonyl (C=O) groups excluding carboxylic acids is 1. The van der Waals surface area contributed by atoms with Crippen LogP contribution in [0.5, 0.6) is 5.75 Å². The molecule has 25 heavy (non-hydrogen) atoms. The minimum Gasteiger partial charge on any atom is -0.505 e. The van der Waals surface area contributed by atoms with Gasteiger partial charge in [-0.25, -0.2) is 8.78 Å². The average molecular weight is 348 g/mol. The molecule has 0 bridgehead atoms. The van der Waals surface area contributed by atoms with Crippen LogP contribution in [0.3, 0.4) is 0 Å². The summed E-state index contributed by atoms with van der Waals surface area (Å²) in [5.74, 6) is -3.64. The topological polar surface area (TPSA) is 70.9 Å². The van der Waals surface area contributed by atoms with Crippen molar-refractivity contribution in [2.24, 2.45) is 4.99 Å². The summed E-state index contributed by atoms with van der Waals surface area (Å²) in [6.45, 7) is 5.21. The third kappa shape index (κ3) is 4.39. The van der Waals surface area contributed by atoms with Crippen molar-refractivity contribution in [2.45, 2.75) is 19.6 Å². The molecule has 1 amide bonds. The van der Waals surface area contributed by atoms with Crippen LogP contribution in [0.25, 0.3) is 0 Å². The van der Waals surface area contributed by atoms with Gasteiger partial charge in [-0.15, -0.1) is 0 Å². The summed E-state index contributed by atoms with van der Waals surface area (Å²) in [5, 5.41) is 12.0. The molecule has 2 N–H and O–H groups in total. The van der Waals surface area contributed by atoms with Crippen molar-refractivity contribution < 1.29 is 23.4 Å². The summed E-state index contributed by atoms with van der Waals surface area (Å²) in [5.41, 5.74) is 0.838. The Kier molecular flexibility index (Phi) is 6.19. The normalized spacial score (nSPS) is 11.8. The van der Waals surface area contributed by atoms with Gasteiger partial charge in [-0.3, -0.25) is 9.79 Å². The van der Waals surface area contributed by atoms with Crippen molar-refractivity contribution in [1.29, 1.82) is 0 Å². The SMILES string of the molecule is C=Nc1ccc(CNC(=O)C(OCC)c2c(F)ccc(O)c2F)cc1. The van der Waals surface area contributed by atoms with Crippen LogP contribution in [0, 0.1) is 11.6 Å². The fraction of sp³-hybridized carbons (Fsp3) is 0.222. The van der Waals surface area contributed by atoms with E-state index in [0.29, 0.717) is 5.69 Å². The van der Waals surface area contributed by atoms with E-state index in [2.05, 4.69) is 17.0 Å². The van der Waals surface area contributed by atoms with Crippen molar-refractivity contribution in [3.8, 4) is 5.75 Å². The van der Waals surface area contributed by atoms with E-state index in [1.807, 2.05) is 0 Å². The Balaban J connectivity index is 2.18. The Morgan fingerprint density at radius 3 is 2.56 bits per heavy atom. The molecule has 0 aliphatic heterocycles. The molecule has 0 aromatic heterocycles. The molecule has 5 nitrogen and oxygen atoms in total. The van der Waals surface area contributed by atoms with Gasteiger partial charge in [0.1, 0.15) is 5.82 Å². The number of hydrogen-bond acceptors (Lipinski definition) is 4. The molecule has 0 saturated carbocycles. The highest BCUT2D eigenvalue weighted by molar-refractivity contribution is 5.82. The molecular formula is C18H18F2N2O3.